The lowest BCUT2D eigenvalue weighted by Crippen LogP contribution is -2.26. The van der Waals surface area contributed by atoms with Crippen molar-refractivity contribution in [3.05, 3.63) is 0 Å². The molecule has 1 fully saturated rings. The number of amides is 1. The molecule has 0 bridgehead atoms. The van der Waals surface area contributed by atoms with E-state index in [1.54, 1.807) is 0 Å². The van der Waals surface area contributed by atoms with Gasteiger partial charge in [0.25, 0.3) is 0 Å². The number of nitrogens with one attached hydrogen (secondary N) is 1. The molecule has 0 aromatic rings. The number of nitrogens with zero attached hydrogens (tertiary/aromatic N) is 2. The van der Waals surface area contributed by atoms with E-state index in [4.69, 9.17) is 5.11 Å². The van der Waals surface area contributed by atoms with Gasteiger partial charge in [-0.1, -0.05) is 32.5 Å². The van der Waals surface area contributed by atoms with E-state index < -0.39 is 11.2 Å². The summed E-state index contributed by atoms with van der Waals surface area (Å²) in [7, 11) is 0. The van der Waals surface area contributed by atoms with Crippen LogP contribution in [-0.2, 0) is 9.59 Å². The van der Waals surface area contributed by atoms with Crippen LogP contribution in [0.1, 0.15) is 34.1 Å². The van der Waals surface area contributed by atoms with Crippen LogP contribution in [0.5, 0.6) is 0 Å². The van der Waals surface area contributed by atoms with E-state index in [9.17, 15) is 9.59 Å². The second-order valence-corrected chi connectivity index (χ2v) is 6.23. The maximum absolute atomic E-state index is 11.4. The van der Waals surface area contributed by atoms with Gasteiger partial charge in [0, 0.05) is 11.1 Å². The van der Waals surface area contributed by atoms with Gasteiger partial charge in [0.15, 0.2) is 5.17 Å². The largest absolute Gasteiger partial charge is 0.481 e. The molecule has 1 atom stereocenters. The summed E-state index contributed by atoms with van der Waals surface area (Å²) < 4.78 is 0. The highest BCUT2D eigenvalue weighted by Crippen LogP contribution is 2.23. The lowest BCUT2D eigenvalue weighted by atomic mass is 9.91. The van der Waals surface area contributed by atoms with Gasteiger partial charge in [-0.2, -0.15) is 5.10 Å². The fraction of sp³-hybridized carbons (Fsp3) is 0.636. The molecule has 100 valence electrons. The highest BCUT2D eigenvalue weighted by atomic mass is 32.2. The number of carboxylic acid groups (broad SMARTS) is 1. The van der Waals surface area contributed by atoms with Gasteiger partial charge >= 0.3 is 5.97 Å². The van der Waals surface area contributed by atoms with Crippen LogP contribution in [0.15, 0.2) is 10.2 Å². The molecule has 1 amide bonds. The number of carbonyl (C=O) groups excluding carboxylic acids is 1. The van der Waals surface area contributed by atoms with Crippen molar-refractivity contribution in [1.82, 2.24) is 5.32 Å². The van der Waals surface area contributed by atoms with Crippen LogP contribution < -0.4 is 5.32 Å². The van der Waals surface area contributed by atoms with Crippen molar-refractivity contribution in [3.8, 4) is 0 Å². The monoisotopic (exact) mass is 271 g/mol. The Bertz CT molecular complexity index is 424. The first-order chi connectivity index (χ1) is 8.20. The van der Waals surface area contributed by atoms with Gasteiger partial charge in [0.1, 0.15) is 5.25 Å². The van der Waals surface area contributed by atoms with Crippen molar-refractivity contribution in [2.24, 2.45) is 15.6 Å². The summed E-state index contributed by atoms with van der Waals surface area (Å²) in [5.74, 6) is -1.33. The SMILES string of the molecule is C/C(=N/N=C1\NC(=O)C(CC(=O)O)S1)C(C)(C)C. The lowest BCUT2D eigenvalue weighted by molar-refractivity contribution is -0.138. The Balaban J connectivity index is 2.71. The van der Waals surface area contributed by atoms with E-state index in [1.165, 1.54) is 0 Å². The predicted molar refractivity (Wildman–Crippen MR) is 71.8 cm³/mol. The molecule has 0 radical (unpaired) electrons. The summed E-state index contributed by atoms with van der Waals surface area (Å²) in [6.07, 6.45) is -0.211. The molecule has 2 N–H and O–H groups in total. The van der Waals surface area contributed by atoms with E-state index >= 15 is 0 Å². The van der Waals surface area contributed by atoms with Crippen LogP contribution in [0.4, 0.5) is 0 Å². The molecule has 0 aromatic carbocycles. The second-order valence-electron chi connectivity index (χ2n) is 5.03. The zero-order valence-corrected chi connectivity index (χ0v) is 11.7. The number of amidine groups is 1. The predicted octanol–water partition coefficient (Wildman–Crippen LogP) is 1.47. The van der Waals surface area contributed by atoms with Crippen LogP contribution in [0.3, 0.4) is 0 Å². The van der Waals surface area contributed by atoms with Gasteiger partial charge < -0.3 is 10.4 Å². The third-order valence-electron chi connectivity index (χ3n) is 2.51. The topological polar surface area (TPSA) is 91.1 Å². The highest BCUT2D eigenvalue weighted by Gasteiger charge is 2.32. The van der Waals surface area contributed by atoms with Crippen LogP contribution in [0, 0.1) is 5.41 Å². The first kappa shape index (κ1) is 14.7. The van der Waals surface area contributed by atoms with E-state index in [2.05, 4.69) is 15.5 Å². The van der Waals surface area contributed by atoms with Gasteiger partial charge in [-0.05, 0) is 6.92 Å². The first-order valence-corrected chi connectivity index (χ1v) is 6.40. The standard InChI is InChI=1S/C11H17N3O3S/c1-6(11(2,3)4)13-14-10-12-9(17)7(18-10)5-8(15)16/h7H,5H2,1-4H3,(H,15,16)(H,12,14,17)/b13-6-. The number of hydrogen-bond acceptors (Lipinski definition) is 5. The number of carboxylic acids is 1. The van der Waals surface area contributed by atoms with Crippen LogP contribution in [0.25, 0.3) is 0 Å². The zero-order valence-electron chi connectivity index (χ0n) is 10.9. The summed E-state index contributed by atoms with van der Waals surface area (Å²) in [5, 5.41) is 18.9. The molecule has 0 aromatic heterocycles. The molecule has 1 aliphatic heterocycles. The summed E-state index contributed by atoms with van der Waals surface area (Å²) in [4.78, 5) is 22.0. The average molecular weight is 271 g/mol. The molecule has 1 heterocycles. The molecule has 1 saturated heterocycles. The Labute approximate surface area is 110 Å². The Hall–Kier alpha value is -1.37. The molecule has 0 spiro atoms. The van der Waals surface area contributed by atoms with E-state index in [1.807, 2.05) is 27.7 Å². The van der Waals surface area contributed by atoms with Crippen molar-refractivity contribution < 1.29 is 14.7 Å². The van der Waals surface area contributed by atoms with Gasteiger partial charge in [-0.3, -0.25) is 9.59 Å². The molecule has 7 heteroatoms. The molecular formula is C11H17N3O3S. The third kappa shape index (κ3) is 4.14. The maximum Gasteiger partial charge on any atom is 0.305 e. The Morgan fingerprint density at radius 1 is 1.50 bits per heavy atom. The van der Waals surface area contributed by atoms with Gasteiger partial charge in [0.2, 0.25) is 5.91 Å². The Morgan fingerprint density at radius 2 is 2.11 bits per heavy atom. The molecule has 6 nitrogen and oxygen atoms in total. The number of aliphatic carboxylic acids is 1. The molecule has 0 saturated carbocycles. The van der Waals surface area contributed by atoms with Crippen molar-refractivity contribution in [3.63, 3.8) is 0 Å². The van der Waals surface area contributed by atoms with Crippen molar-refractivity contribution in [1.29, 1.82) is 0 Å². The number of thioether (sulfide) groups is 1. The summed E-state index contributed by atoms with van der Waals surface area (Å²) >= 11 is 1.10. The molecule has 1 unspecified atom stereocenters. The summed E-state index contributed by atoms with van der Waals surface area (Å²) in [6.45, 7) is 7.90. The van der Waals surface area contributed by atoms with Crippen LogP contribution >= 0.6 is 11.8 Å². The van der Waals surface area contributed by atoms with E-state index in [0.717, 1.165) is 17.5 Å². The quantitative estimate of drug-likeness (QED) is 0.600. The smallest absolute Gasteiger partial charge is 0.305 e. The van der Waals surface area contributed by atoms with Gasteiger partial charge in [-0.25, -0.2) is 0 Å². The van der Waals surface area contributed by atoms with Gasteiger partial charge in [-0.15, -0.1) is 5.10 Å². The number of carbonyl (C=O) groups is 2. The fourth-order valence-electron chi connectivity index (χ4n) is 1.02. The maximum atomic E-state index is 11.4. The molecule has 18 heavy (non-hydrogen) atoms. The molecule has 0 aliphatic carbocycles. The Morgan fingerprint density at radius 3 is 2.61 bits per heavy atom. The number of hydrogen-bond donors (Lipinski definition) is 2. The fourth-order valence-corrected chi connectivity index (χ4v) is 1.92. The third-order valence-corrected chi connectivity index (χ3v) is 3.58. The van der Waals surface area contributed by atoms with Crippen molar-refractivity contribution in [2.45, 2.75) is 39.4 Å². The normalized spacial score (nSPS) is 23.3. The minimum Gasteiger partial charge on any atom is -0.481 e. The number of rotatable bonds is 3. The zero-order chi connectivity index (χ0) is 13.9. The second kappa shape index (κ2) is 5.51. The van der Waals surface area contributed by atoms with Crippen molar-refractivity contribution >= 4 is 34.5 Å². The van der Waals surface area contributed by atoms with E-state index in [0.29, 0.717) is 5.17 Å². The average Bonchev–Trinajstić information content (AvgIpc) is 2.54. The minimum absolute atomic E-state index is 0.0855. The van der Waals surface area contributed by atoms with E-state index in [-0.39, 0.29) is 17.7 Å². The Kier molecular flexibility index (Phi) is 4.50. The summed E-state index contributed by atoms with van der Waals surface area (Å²) in [6, 6.07) is 0. The molecular weight excluding hydrogens is 254 g/mol. The van der Waals surface area contributed by atoms with Crippen molar-refractivity contribution in [2.75, 3.05) is 0 Å². The first-order valence-electron chi connectivity index (χ1n) is 5.52. The minimum atomic E-state index is -1.00. The molecule has 1 aliphatic rings. The molecule has 1 rings (SSSR count). The highest BCUT2D eigenvalue weighted by molar-refractivity contribution is 8.15. The lowest BCUT2D eigenvalue weighted by Gasteiger charge is -2.16. The summed E-state index contributed by atoms with van der Waals surface area (Å²) in [5.41, 5.74) is 0.754. The van der Waals surface area contributed by atoms with Crippen LogP contribution in [0.2, 0.25) is 0 Å². The van der Waals surface area contributed by atoms with Crippen LogP contribution in [-0.4, -0.2) is 33.1 Å². The van der Waals surface area contributed by atoms with Gasteiger partial charge in [0.05, 0.1) is 6.42 Å².